The van der Waals surface area contributed by atoms with Crippen molar-refractivity contribution in [3.63, 3.8) is 0 Å². The van der Waals surface area contributed by atoms with Crippen LogP contribution in [0.2, 0.25) is 0 Å². The number of aryl methyl sites for hydroxylation is 1. The zero-order valence-electron chi connectivity index (χ0n) is 10.5. The molecule has 0 aliphatic carbocycles. The lowest BCUT2D eigenvalue weighted by molar-refractivity contribution is 0.103. The Morgan fingerprint density at radius 2 is 2.28 bits per heavy atom. The second kappa shape index (κ2) is 5.49. The summed E-state index contributed by atoms with van der Waals surface area (Å²) in [6.45, 7) is 4.40. The number of nitrogens with zero attached hydrogens (tertiary/aromatic N) is 1. The maximum Gasteiger partial charge on any atom is 0.198 e. The Morgan fingerprint density at radius 3 is 2.94 bits per heavy atom. The fourth-order valence-corrected chi connectivity index (χ4v) is 1.62. The molecule has 0 N–H and O–H groups in total. The standard InChI is InChI=1S/C14H15NO3/c1-3-5-18-12-7-11(8-15-9-12)14(16)13-4-6-17-10(13)2/h4,6-9H,3,5H2,1-2H3. The lowest BCUT2D eigenvalue weighted by Gasteiger charge is -2.05. The second-order valence-electron chi connectivity index (χ2n) is 3.98. The minimum Gasteiger partial charge on any atom is -0.492 e. The van der Waals surface area contributed by atoms with Crippen LogP contribution in [0.3, 0.4) is 0 Å². The maximum absolute atomic E-state index is 12.2. The molecule has 2 rings (SSSR count). The van der Waals surface area contributed by atoms with E-state index >= 15 is 0 Å². The molecule has 94 valence electrons. The van der Waals surface area contributed by atoms with Gasteiger partial charge in [-0.3, -0.25) is 9.78 Å². The third-order valence-electron chi connectivity index (χ3n) is 2.55. The third kappa shape index (κ3) is 2.59. The van der Waals surface area contributed by atoms with Crippen molar-refractivity contribution < 1.29 is 13.9 Å². The van der Waals surface area contributed by atoms with E-state index in [-0.39, 0.29) is 5.78 Å². The second-order valence-corrected chi connectivity index (χ2v) is 3.98. The van der Waals surface area contributed by atoms with Gasteiger partial charge in [-0.25, -0.2) is 0 Å². The van der Waals surface area contributed by atoms with Gasteiger partial charge in [0.05, 0.1) is 24.6 Å². The molecule has 0 bridgehead atoms. The number of hydrogen-bond donors (Lipinski definition) is 0. The zero-order chi connectivity index (χ0) is 13.0. The van der Waals surface area contributed by atoms with Gasteiger partial charge in [-0.2, -0.15) is 0 Å². The van der Waals surface area contributed by atoms with Crippen molar-refractivity contribution in [1.82, 2.24) is 4.98 Å². The van der Waals surface area contributed by atoms with E-state index < -0.39 is 0 Å². The van der Waals surface area contributed by atoms with E-state index in [1.54, 1.807) is 25.3 Å². The molecule has 4 heteroatoms. The van der Waals surface area contributed by atoms with Crippen LogP contribution in [0.1, 0.15) is 35.0 Å². The fourth-order valence-electron chi connectivity index (χ4n) is 1.62. The molecule has 0 saturated heterocycles. The minimum absolute atomic E-state index is 0.101. The first-order valence-electron chi connectivity index (χ1n) is 5.89. The fraction of sp³-hybridized carbons (Fsp3) is 0.286. The zero-order valence-corrected chi connectivity index (χ0v) is 10.5. The molecule has 4 nitrogen and oxygen atoms in total. The molecular formula is C14H15NO3. The Kier molecular flexibility index (Phi) is 3.77. The number of rotatable bonds is 5. The lowest BCUT2D eigenvalue weighted by Crippen LogP contribution is -2.03. The summed E-state index contributed by atoms with van der Waals surface area (Å²) in [7, 11) is 0. The highest BCUT2D eigenvalue weighted by Crippen LogP contribution is 2.18. The first-order chi connectivity index (χ1) is 8.72. The topological polar surface area (TPSA) is 52.3 Å². The molecule has 0 radical (unpaired) electrons. The van der Waals surface area contributed by atoms with Gasteiger partial charge in [0.1, 0.15) is 11.5 Å². The molecular weight excluding hydrogens is 230 g/mol. The normalized spacial score (nSPS) is 10.3. The Balaban J connectivity index is 2.23. The van der Waals surface area contributed by atoms with E-state index in [9.17, 15) is 4.79 Å². The molecule has 0 amide bonds. The number of furan rings is 1. The van der Waals surface area contributed by atoms with Gasteiger partial charge in [0.25, 0.3) is 0 Å². The van der Waals surface area contributed by atoms with Crippen molar-refractivity contribution in [1.29, 1.82) is 0 Å². The van der Waals surface area contributed by atoms with Crippen LogP contribution in [0.5, 0.6) is 5.75 Å². The van der Waals surface area contributed by atoms with E-state index in [2.05, 4.69) is 4.98 Å². The summed E-state index contributed by atoms with van der Waals surface area (Å²) in [5.41, 5.74) is 1.07. The number of pyridine rings is 1. The molecule has 0 saturated carbocycles. The van der Waals surface area contributed by atoms with Gasteiger partial charge in [-0.15, -0.1) is 0 Å². The number of aromatic nitrogens is 1. The van der Waals surface area contributed by atoms with Crippen LogP contribution in [0.15, 0.2) is 35.2 Å². The summed E-state index contributed by atoms with van der Waals surface area (Å²) in [6, 6.07) is 3.37. The molecule has 2 aromatic heterocycles. The van der Waals surface area contributed by atoms with Gasteiger partial charge in [0, 0.05) is 11.8 Å². The van der Waals surface area contributed by atoms with E-state index in [0.717, 1.165) is 6.42 Å². The Morgan fingerprint density at radius 1 is 1.44 bits per heavy atom. The molecule has 0 aromatic carbocycles. The number of hydrogen-bond acceptors (Lipinski definition) is 4. The van der Waals surface area contributed by atoms with E-state index in [1.807, 2.05) is 6.92 Å². The molecule has 0 atom stereocenters. The molecule has 0 aliphatic rings. The smallest absolute Gasteiger partial charge is 0.198 e. The quantitative estimate of drug-likeness (QED) is 0.760. The van der Waals surface area contributed by atoms with Crippen molar-refractivity contribution in [3.8, 4) is 5.75 Å². The van der Waals surface area contributed by atoms with Crippen molar-refractivity contribution in [2.24, 2.45) is 0 Å². The van der Waals surface area contributed by atoms with Gasteiger partial charge in [-0.1, -0.05) is 6.92 Å². The Hall–Kier alpha value is -2.10. The van der Waals surface area contributed by atoms with Crippen molar-refractivity contribution in [2.45, 2.75) is 20.3 Å². The predicted octanol–water partition coefficient (Wildman–Crippen LogP) is 3.00. The van der Waals surface area contributed by atoms with Gasteiger partial charge < -0.3 is 9.15 Å². The maximum atomic E-state index is 12.2. The number of carbonyl (C=O) groups is 1. The van der Waals surface area contributed by atoms with Crippen LogP contribution in [0.4, 0.5) is 0 Å². The molecule has 0 fully saturated rings. The lowest BCUT2D eigenvalue weighted by atomic mass is 10.1. The highest BCUT2D eigenvalue weighted by molar-refractivity contribution is 6.09. The summed E-state index contributed by atoms with van der Waals surface area (Å²) in [5, 5.41) is 0. The van der Waals surface area contributed by atoms with Crippen LogP contribution < -0.4 is 4.74 Å². The molecule has 2 aromatic rings. The Bertz CT molecular complexity index is 545. The molecule has 0 unspecified atom stereocenters. The third-order valence-corrected chi connectivity index (χ3v) is 2.55. The van der Waals surface area contributed by atoms with E-state index in [0.29, 0.717) is 29.2 Å². The van der Waals surface area contributed by atoms with Crippen molar-refractivity contribution >= 4 is 5.78 Å². The van der Waals surface area contributed by atoms with Crippen LogP contribution in [0, 0.1) is 6.92 Å². The Labute approximate surface area is 106 Å². The summed E-state index contributed by atoms with van der Waals surface area (Å²) in [4.78, 5) is 16.2. The SMILES string of the molecule is CCCOc1cncc(C(=O)c2ccoc2C)c1. The molecule has 18 heavy (non-hydrogen) atoms. The number of carbonyl (C=O) groups excluding carboxylic acids is 1. The van der Waals surface area contributed by atoms with Gasteiger partial charge >= 0.3 is 0 Å². The minimum atomic E-state index is -0.101. The van der Waals surface area contributed by atoms with E-state index in [4.69, 9.17) is 9.15 Å². The van der Waals surface area contributed by atoms with Crippen LogP contribution >= 0.6 is 0 Å². The number of ether oxygens (including phenoxy) is 1. The summed E-state index contributed by atoms with van der Waals surface area (Å²) < 4.78 is 10.6. The largest absolute Gasteiger partial charge is 0.492 e. The highest BCUT2D eigenvalue weighted by Gasteiger charge is 2.14. The summed E-state index contributed by atoms with van der Waals surface area (Å²) in [6.07, 6.45) is 5.56. The molecule has 0 aliphatic heterocycles. The first-order valence-corrected chi connectivity index (χ1v) is 5.89. The molecule has 0 spiro atoms. The summed E-state index contributed by atoms with van der Waals surface area (Å²) >= 11 is 0. The van der Waals surface area contributed by atoms with Crippen molar-refractivity contribution in [2.75, 3.05) is 6.61 Å². The first kappa shape index (κ1) is 12.4. The average molecular weight is 245 g/mol. The predicted molar refractivity (Wildman–Crippen MR) is 66.9 cm³/mol. The highest BCUT2D eigenvalue weighted by atomic mass is 16.5. The average Bonchev–Trinajstić information content (AvgIpc) is 2.82. The van der Waals surface area contributed by atoms with Crippen LogP contribution in [0.25, 0.3) is 0 Å². The van der Waals surface area contributed by atoms with Crippen molar-refractivity contribution in [3.05, 3.63) is 47.7 Å². The van der Waals surface area contributed by atoms with Gasteiger partial charge in [-0.05, 0) is 25.5 Å². The van der Waals surface area contributed by atoms with E-state index in [1.165, 1.54) is 12.5 Å². The number of ketones is 1. The van der Waals surface area contributed by atoms with Gasteiger partial charge in [0.2, 0.25) is 0 Å². The monoisotopic (exact) mass is 245 g/mol. The van der Waals surface area contributed by atoms with Crippen LogP contribution in [-0.2, 0) is 0 Å². The summed E-state index contributed by atoms with van der Waals surface area (Å²) in [5.74, 6) is 1.12. The molecule has 2 heterocycles. The van der Waals surface area contributed by atoms with Crippen LogP contribution in [-0.4, -0.2) is 17.4 Å². The van der Waals surface area contributed by atoms with Gasteiger partial charge in [0.15, 0.2) is 5.78 Å².